The van der Waals surface area contributed by atoms with Gasteiger partial charge in [0.05, 0.1) is 16.7 Å². The van der Waals surface area contributed by atoms with E-state index in [-0.39, 0.29) is 6.17 Å². The van der Waals surface area contributed by atoms with Gasteiger partial charge in [0.25, 0.3) is 0 Å². The molecule has 0 saturated carbocycles. The van der Waals surface area contributed by atoms with E-state index in [0.717, 1.165) is 33.8 Å². The summed E-state index contributed by atoms with van der Waals surface area (Å²) in [5.74, 6) is 0. The largest absolute Gasteiger partial charge is 0.360 e. The number of hydrogen-bond donors (Lipinski definition) is 1. The Morgan fingerprint density at radius 2 is 1.02 bits per heavy atom. The van der Waals surface area contributed by atoms with Gasteiger partial charge in [-0.25, -0.2) is 0 Å². The minimum atomic E-state index is -0.241. The second-order valence-electron chi connectivity index (χ2n) is 12.8. The molecule has 49 heavy (non-hydrogen) atoms. The predicted octanol–water partition coefficient (Wildman–Crippen LogP) is 11.4. The van der Waals surface area contributed by atoms with Gasteiger partial charge in [0.2, 0.25) is 0 Å². The van der Waals surface area contributed by atoms with Gasteiger partial charge in [0.1, 0.15) is 6.17 Å². The highest BCUT2D eigenvalue weighted by Crippen LogP contribution is 2.40. The molecule has 10 rings (SSSR count). The molecule has 8 aromatic carbocycles. The van der Waals surface area contributed by atoms with Crippen molar-refractivity contribution in [1.29, 1.82) is 0 Å². The van der Waals surface area contributed by atoms with E-state index in [9.17, 15) is 0 Å². The van der Waals surface area contributed by atoms with Crippen molar-refractivity contribution in [3.63, 3.8) is 0 Å². The Kier molecular flexibility index (Phi) is 6.25. The first kappa shape index (κ1) is 27.6. The summed E-state index contributed by atoms with van der Waals surface area (Å²) in [6.07, 6.45) is 1.95. The van der Waals surface area contributed by atoms with Crippen LogP contribution in [0, 0.1) is 0 Å². The summed E-state index contributed by atoms with van der Waals surface area (Å²) in [4.78, 5) is 5.33. The summed E-state index contributed by atoms with van der Waals surface area (Å²) in [7, 11) is 0. The maximum Gasteiger partial charge on any atom is 0.145 e. The highest BCUT2D eigenvalue weighted by atomic mass is 15.1. The van der Waals surface area contributed by atoms with E-state index in [1.54, 1.807) is 0 Å². The topological polar surface area (TPSA) is 29.3 Å². The third-order valence-electron chi connectivity index (χ3n) is 10.0. The van der Waals surface area contributed by atoms with E-state index in [1.807, 2.05) is 0 Å². The molecule has 1 N–H and O–H groups in total. The summed E-state index contributed by atoms with van der Waals surface area (Å²) in [5.41, 5.74) is 8.97. The van der Waals surface area contributed by atoms with Crippen molar-refractivity contribution in [2.24, 2.45) is 4.99 Å². The second kappa shape index (κ2) is 11.1. The number of aliphatic imine (C=N–C) groups is 1. The van der Waals surface area contributed by atoms with Crippen LogP contribution in [0.1, 0.15) is 22.9 Å². The monoisotopic (exact) mass is 625 g/mol. The van der Waals surface area contributed by atoms with E-state index in [0.29, 0.717) is 0 Å². The van der Waals surface area contributed by atoms with Gasteiger partial charge in [-0.1, -0.05) is 146 Å². The van der Waals surface area contributed by atoms with Crippen molar-refractivity contribution in [2.45, 2.75) is 6.17 Å². The molecular formula is C46H31N3. The van der Waals surface area contributed by atoms with Crippen LogP contribution in [-0.2, 0) is 0 Å². The summed E-state index contributed by atoms with van der Waals surface area (Å²) < 4.78 is 2.42. The van der Waals surface area contributed by atoms with Crippen LogP contribution in [-0.4, -0.2) is 10.3 Å². The third-order valence-corrected chi connectivity index (χ3v) is 10.0. The van der Waals surface area contributed by atoms with Crippen LogP contribution in [0.5, 0.6) is 0 Å². The lowest BCUT2D eigenvalue weighted by Crippen LogP contribution is -2.25. The van der Waals surface area contributed by atoms with Crippen molar-refractivity contribution >= 4 is 65.5 Å². The van der Waals surface area contributed by atoms with Gasteiger partial charge in [0.15, 0.2) is 0 Å². The lowest BCUT2D eigenvalue weighted by molar-refractivity contribution is 0.664. The van der Waals surface area contributed by atoms with E-state index in [1.165, 1.54) is 54.1 Å². The lowest BCUT2D eigenvalue weighted by Gasteiger charge is -2.25. The number of aromatic nitrogens is 1. The Bertz CT molecular complexity index is 2690. The van der Waals surface area contributed by atoms with E-state index in [4.69, 9.17) is 4.99 Å². The first-order valence-electron chi connectivity index (χ1n) is 16.8. The SMILES string of the molecule is C1=C(c2ccccc2)NC(c2ccc(-n3c4ccc5ccccc5c4c4c5ccccc5ccc43)cc2)N=C1c1cccc2ccccc12. The molecule has 1 aliphatic heterocycles. The lowest BCUT2D eigenvalue weighted by atomic mass is 9.97. The van der Waals surface area contributed by atoms with Crippen LogP contribution < -0.4 is 5.32 Å². The number of hydrogen-bond acceptors (Lipinski definition) is 2. The molecule has 3 nitrogen and oxygen atoms in total. The van der Waals surface area contributed by atoms with E-state index < -0.39 is 0 Å². The Labute approximate surface area is 284 Å². The molecule has 0 amide bonds. The number of fused-ring (bicyclic) bond motifs is 8. The Morgan fingerprint density at radius 1 is 0.469 bits per heavy atom. The number of nitrogens with one attached hydrogen (secondary N) is 1. The smallest absolute Gasteiger partial charge is 0.145 e. The maximum absolute atomic E-state index is 5.33. The molecule has 1 aromatic heterocycles. The molecule has 1 atom stereocenters. The fraction of sp³-hybridized carbons (Fsp3) is 0.0217. The quantitative estimate of drug-likeness (QED) is 0.207. The molecule has 0 fully saturated rings. The van der Waals surface area contributed by atoms with Gasteiger partial charge in [0, 0.05) is 27.7 Å². The van der Waals surface area contributed by atoms with Gasteiger partial charge < -0.3 is 9.88 Å². The van der Waals surface area contributed by atoms with Crippen LogP contribution in [0.25, 0.3) is 65.5 Å². The summed E-state index contributed by atoms with van der Waals surface area (Å²) in [5, 5.41) is 13.8. The molecule has 230 valence electrons. The summed E-state index contributed by atoms with van der Waals surface area (Å²) >= 11 is 0. The average molecular weight is 626 g/mol. The molecule has 0 bridgehead atoms. The number of nitrogens with zero attached hydrogens (tertiary/aromatic N) is 2. The van der Waals surface area contributed by atoms with Crippen LogP contribution in [0.3, 0.4) is 0 Å². The molecule has 2 heterocycles. The molecule has 1 unspecified atom stereocenters. The highest BCUT2D eigenvalue weighted by Gasteiger charge is 2.22. The Balaban J connectivity index is 1.13. The first-order valence-corrected chi connectivity index (χ1v) is 16.8. The molecule has 9 aromatic rings. The molecule has 1 aliphatic rings. The van der Waals surface area contributed by atoms with Gasteiger partial charge in [-0.3, -0.25) is 4.99 Å². The Hall–Kier alpha value is -6.45. The van der Waals surface area contributed by atoms with Gasteiger partial charge >= 0.3 is 0 Å². The zero-order valence-corrected chi connectivity index (χ0v) is 26.7. The normalized spacial score (nSPS) is 14.7. The van der Waals surface area contributed by atoms with Crippen LogP contribution in [0.4, 0.5) is 0 Å². The second-order valence-corrected chi connectivity index (χ2v) is 12.8. The first-order chi connectivity index (χ1) is 24.3. The van der Waals surface area contributed by atoms with Crippen LogP contribution in [0.15, 0.2) is 181 Å². The number of benzene rings is 8. The minimum Gasteiger partial charge on any atom is -0.360 e. The average Bonchev–Trinajstić information content (AvgIpc) is 3.53. The summed E-state index contributed by atoms with van der Waals surface area (Å²) in [6.45, 7) is 0. The van der Waals surface area contributed by atoms with E-state index >= 15 is 0 Å². The van der Waals surface area contributed by atoms with Gasteiger partial charge in [-0.15, -0.1) is 0 Å². The fourth-order valence-corrected chi connectivity index (χ4v) is 7.70. The minimum absolute atomic E-state index is 0.241. The van der Waals surface area contributed by atoms with Gasteiger partial charge in [-0.05, 0) is 73.8 Å². The number of rotatable bonds is 4. The van der Waals surface area contributed by atoms with Crippen LogP contribution in [0.2, 0.25) is 0 Å². The van der Waals surface area contributed by atoms with E-state index in [2.05, 4.69) is 186 Å². The maximum atomic E-state index is 5.33. The molecule has 3 heteroatoms. The zero-order valence-electron chi connectivity index (χ0n) is 26.7. The fourth-order valence-electron chi connectivity index (χ4n) is 7.70. The highest BCUT2D eigenvalue weighted by molar-refractivity contribution is 6.28. The molecule has 0 radical (unpaired) electrons. The molecule has 0 saturated heterocycles. The van der Waals surface area contributed by atoms with Crippen molar-refractivity contribution in [3.8, 4) is 5.69 Å². The zero-order chi connectivity index (χ0) is 32.3. The third kappa shape index (κ3) is 4.47. The predicted molar refractivity (Wildman–Crippen MR) is 207 cm³/mol. The van der Waals surface area contributed by atoms with Crippen molar-refractivity contribution < 1.29 is 0 Å². The molecule has 0 aliphatic carbocycles. The Morgan fingerprint density at radius 3 is 1.67 bits per heavy atom. The van der Waals surface area contributed by atoms with Crippen molar-refractivity contribution in [1.82, 2.24) is 9.88 Å². The van der Waals surface area contributed by atoms with Crippen LogP contribution >= 0.6 is 0 Å². The molecular weight excluding hydrogens is 595 g/mol. The van der Waals surface area contributed by atoms with Crippen molar-refractivity contribution in [2.75, 3.05) is 0 Å². The van der Waals surface area contributed by atoms with Crippen molar-refractivity contribution in [3.05, 3.63) is 193 Å². The number of allylic oxidation sites excluding steroid dienone is 1. The van der Waals surface area contributed by atoms with Gasteiger partial charge in [-0.2, -0.15) is 0 Å². The summed E-state index contributed by atoms with van der Waals surface area (Å²) in [6, 6.07) is 61.0. The molecule has 0 spiro atoms. The standard InChI is InChI=1S/C46H31N3/c1-2-14-33(15-3-1)40-29-41(39-20-10-16-30-11-4-7-17-36(30)39)48-46(47-40)34-21-25-35(26-22-34)49-42-27-23-31-12-5-8-18-37(31)44(42)45-38-19-9-6-13-32(38)24-28-43(45)49/h1-29,46-47H.